The summed E-state index contributed by atoms with van der Waals surface area (Å²) < 4.78 is 3.78. The Morgan fingerprint density at radius 2 is 2.12 bits per heavy atom. The molecule has 0 aliphatic rings. The number of amides is 1. The first-order chi connectivity index (χ1) is 7.43. The molecule has 1 atom stereocenters. The number of carbonyl (C=O) groups is 1. The van der Waals surface area contributed by atoms with Crippen LogP contribution < -0.4 is 11.1 Å². The average Bonchev–Trinajstić information content (AvgIpc) is 2.65. The maximum absolute atomic E-state index is 11.9. The van der Waals surface area contributed by atoms with E-state index in [2.05, 4.69) is 14.9 Å². The summed E-state index contributed by atoms with van der Waals surface area (Å²) in [6.45, 7) is 5.67. The van der Waals surface area contributed by atoms with Gasteiger partial charge in [0.05, 0.1) is 16.7 Å². The van der Waals surface area contributed by atoms with Crippen molar-refractivity contribution in [3.63, 3.8) is 0 Å². The standard InChI is InChI=1S/C9H14N4OS2/c1-4(2)6-7(16-13-12-6)9(14)11-5(3)8(10)15/h4-5H,1-3H3,(H2,10,15)(H,11,14). The number of nitrogens with zero attached hydrogens (tertiary/aromatic N) is 2. The summed E-state index contributed by atoms with van der Waals surface area (Å²) in [5.74, 6) is -0.0568. The van der Waals surface area contributed by atoms with Crippen molar-refractivity contribution in [3.05, 3.63) is 10.6 Å². The van der Waals surface area contributed by atoms with E-state index in [1.165, 1.54) is 0 Å². The quantitative estimate of drug-likeness (QED) is 0.789. The van der Waals surface area contributed by atoms with E-state index in [9.17, 15) is 4.79 Å². The molecule has 0 aliphatic carbocycles. The van der Waals surface area contributed by atoms with E-state index in [0.29, 0.717) is 10.6 Å². The predicted octanol–water partition coefficient (Wildman–Crippen LogP) is 1.07. The molecular weight excluding hydrogens is 244 g/mol. The van der Waals surface area contributed by atoms with Crippen LogP contribution in [0.2, 0.25) is 0 Å². The second kappa shape index (κ2) is 5.31. The number of carbonyl (C=O) groups excluding carboxylic acids is 1. The smallest absolute Gasteiger partial charge is 0.265 e. The minimum atomic E-state index is -0.329. The second-order valence-corrected chi connectivity index (χ2v) is 4.97. The lowest BCUT2D eigenvalue weighted by molar-refractivity contribution is 0.0952. The normalized spacial score (nSPS) is 12.5. The Balaban J connectivity index is 2.81. The van der Waals surface area contributed by atoms with E-state index in [-0.39, 0.29) is 22.9 Å². The molecule has 0 fully saturated rings. The summed E-state index contributed by atoms with van der Waals surface area (Å²) in [5, 5.41) is 6.63. The van der Waals surface area contributed by atoms with Gasteiger partial charge in [-0.05, 0) is 24.4 Å². The van der Waals surface area contributed by atoms with Gasteiger partial charge in [0.2, 0.25) is 0 Å². The summed E-state index contributed by atoms with van der Waals surface area (Å²) in [6.07, 6.45) is 0. The molecule has 0 saturated carbocycles. The Morgan fingerprint density at radius 3 is 2.62 bits per heavy atom. The van der Waals surface area contributed by atoms with Crippen LogP contribution in [0.4, 0.5) is 0 Å². The summed E-state index contributed by atoms with van der Waals surface area (Å²) in [4.78, 5) is 12.6. The van der Waals surface area contributed by atoms with Gasteiger partial charge in [-0.1, -0.05) is 30.6 Å². The molecule has 1 unspecified atom stereocenters. The van der Waals surface area contributed by atoms with E-state index in [1.54, 1.807) is 6.92 Å². The number of aromatic nitrogens is 2. The molecule has 3 N–H and O–H groups in total. The van der Waals surface area contributed by atoms with E-state index in [0.717, 1.165) is 11.5 Å². The van der Waals surface area contributed by atoms with Crippen molar-refractivity contribution in [1.29, 1.82) is 0 Å². The molecule has 0 bridgehead atoms. The minimum absolute atomic E-state index is 0.166. The Morgan fingerprint density at radius 1 is 1.50 bits per heavy atom. The summed E-state index contributed by atoms with van der Waals surface area (Å²) >= 11 is 5.87. The molecule has 1 heterocycles. The SMILES string of the molecule is CC(NC(=O)c1snnc1C(C)C)C(N)=S. The fraction of sp³-hybridized carbons (Fsp3) is 0.556. The van der Waals surface area contributed by atoms with Crippen LogP contribution in [-0.4, -0.2) is 26.5 Å². The highest BCUT2D eigenvalue weighted by molar-refractivity contribution is 7.80. The lowest BCUT2D eigenvalue weighted by Gasteiger charge is -2.11. The van der Waals surface area contributed by atoms with Crippen LogP contribution in [0.3, 0.4) is 0 Å². The first kappa shape index (κ1) is 13.0. The lowest BCUT2D eigenvalue weighted by atomic mass is 10.1. The number of thiocarbonyl (C=S) groups is 1. The van der Waals surface area contributed by atoms with E-state index in [1.807, 2.05) is 13.8 Å². The fourth-order valence-corrected chi connectivity index (χ4v) is 1.85. The van der Waals surface area contributed by atoms with Crippen molar-refractivity contribution in [2.45, 2.75) is 32.7 Å². The summed E-state index contributed by atoms with van der Waals surface area (Å²) in [7, 11) is 0. The van der Waals surface area contributed by atoms with Crippen molar-refractivity contribution in [2.75, 3.05) is 0 Å². The van der Waals surface area contributed by atoms with E-state index < -0.39 is 0 Å². The van der Waals surface area contributed by atoms with Crippen molar-refractivity contribution >= 4 is 34.6 Å². The zero-order chi connectivity index (χ0) is 12.3. The molecule has 1 aromatic rings. The van der Waals surface area contributed by atoms with Gasteiger partial charge in [-0.25, -0.2) is 0 Å². The number of nitrogens with two attached hydrogens (primary N) is 1. The van der Waals surface area contributed by atoms with Gasteiger partial charge in [0.15, 0.2) is 0 Å². The van der Waals surface area contributed by atoms with Crippen molar-refractivity contribution in [2.24, 2.45) is 5.73 Å². The van der Waals surface area contributed by atoms with Crippen LogP contribution in [0.15, 0.2) is 0 Å². The highest BCUT2D eigenvalue weighted by Gasteiger charge is 2.20. The van der Waals surface area contributed by atoms with Gasteiger partial charge in [-0.2, -0.15) is 0 Å². The van der Waals surface area contributed by atoms with Crippen LogP contribution in [-0.2, 0) is 0 Å². The largest absolute Gasteiger partial charge is 0.392 e. The van der Waals surface area contributed by atoms with Crippen LogP contribution >= 0.6 is 23.8 Å². The van der Waals surface area contributed by atoms with Gasteiger partial charge in [-0.3, -0.25) is 4.79 Å². The van der Waals surface area contributed by atoms with Crippen LogP contribution in [0, 0.1) is 0 Å². The van der Waals surface area contributed by atoms with Crippen molar-refractivity contribution in [3.8, 4) is 0 Å². The Labute approximate surface area is 104 Å². The zero-order valence-electron chi connectivity index (χ0n) is 9.35. The molecule has 5 nitrogen and oxygen atoms in total. The average molecular weight is 258 g/mol. The monoisotopic (exact) mass is 258 g/mol. The number of hydrogen-bond donors (Lipinski definition) is 2. The minimum Gasteiger partial charge on any atom is -0.392 e. The third-order valence-corrected chi connectivity index (χ3v) is 3.13. The molecule has 1 aromatic heterocycles. The summed E-state index contributed by atoms with van der Waals surface area (Å²) in [5.41, 5.74) is 6.13. The highest BCUT2D eigenvalue weighted by Crippen LogP contribution is 2.19. The zero-order valence-corrected chi connectivity index (χ0v) is 11.0. The fourth-order valence-electron chi connectivity index (χ4n) is 1.07. The van der Waals surface area contributed by atoms with Crippen LogP contribution in [0.5, 0.6) is 0 Å². The van der Waals surface area contributed by atoms with Gasteiger partial charge in [-0.15, -0.1) is 5.10 Å². The Bertz CT molecular complexity index is 402. The first-order valence-corrected chi connectivity index (χ1v) is 6.04. The van der Waals surface area contributed by atoms with Crippen molar-refractivity contribution in [1.82, 2.24) is 14.9 Å². The molecule has 0 saturated heterocycles. The molecule has 0 radical (unpaired) electrons. The molecule has 88 valence electrons. The van der Waals surface area contributed by atoms with Gasteiger partial charge < -0.3 is 11.1 Å². The number of rotatable bonds is 4. The number of nitrogens with one attached hydrogen (secondary N) is 1. The van der Waals surface area contributed by atoms with Gasteiger partial charge >= 0.3 is 0 Å². The molecule has 1 amide bonds. The third kappa shape index (κ3) is 2.96. The molecule has 0 spiro atoms. The molecule has 1 rings (SSSR count). The lowest BCUT2D eigenvalue weighted by Crippen LogP contribution is -2.41. The van der Waals surface area contributed by atoms with E-state index >= 15 is 0 Å². The topological polar surface area (TPSA) is 80.9 Å². The first-order valence-electron chi connectivity index (χ1n) is 4.86. The Kier molecular flexibility index (Phi) is 4.31. The molecule has 0 aromatic carbocycles. The number of hydrogen-bond acceptors (Lipinski definition) is 5. The Hall–Kier alpha value is -1.08. The summed E-state index contributed by atoms with van der Waals surface area (Å²) in [6, 6.07) is -0.329. The third-order valence-electron chi connectivity index (χ3n) is 2.04. The van der Waals surface area contributed by atoms with Gasteiger partial charge in [0.25, 0.3) is 5.91 Å². The highest BCUT2D eigenvalue weighted by atomic mass is 32.1. The molecule has 0 aliphatic heterocycles. The van der Waals surface area contributed by atoms with Gasteiger partial charge in [0.1, 0.15) is 4.88 Å². The second-order valence-electron chi connectivity index (χ2n) is 3.74. The maximum atomic E-state index is 11.9. The van der Waals surface area contributed by atoms with Gasteiger partial charge in [0, 0.05) is 0 Å². The van der Waals surface area contributed by atoms with Crippen LogP contribution in [0.1, 0.15) is 42.1 Å². The molecular formula is C9H14N4OS2. The maximum Gasteiger partial charge on any atom is 0.265 e. The molecule has 16 heavy (non-hydrogen) atoms. The van der Waals surface area contributed by atoms with E-state index in [4.69, 9.17) is 18.0 Å². The van der Waals surface area contributed by atoms with Crippen molar-refractivity contribution < 1.29 is 4.79 Å². The van der Waals surface area contributed by atoms with Crippen LogP contribution in [0.25, 0.3) is 0 Å². The predicted molar refractivity (Wildman–Crippen MR) is 67.7 cm³/mol. The molecule has 7 heteroatoms.